The Morgan fingerprint density at radius 3 is 2.08 bits per heavy atom. The lowest BCUT2D eigenvalue weighted by molar-refractivity contribution is -0.156. The highest BCUT2D eigenvalue weighted by Crippen LogP contribution is 2.34. The minimum atomic E-state index is -0.768. The Bertz CT molecular complexity index is 1220. The highest BCUT2D eigenvalue weighted by Gasteiger charge is 2.33. The summed E-state index contributed by atoms with van der Waals surface area (Å²) in [6.45, 7) is 16.4. The SMILES string of the molecule is CC(C)(C)OC(=O)C(C)(C)Sc1ccc(C(=O)OCc2cn(Cc3ccc(C(C)(C)C)cc3)nn2)cc1. The molecule has 0 saturated carbocycles. The van der Waals surface area contributed by atoms with E-state index in [1.165, 1.54) is 17.3 Å². The number of rotatable bonds is 8. The van der Waals surface area contributed by atoms with Crippen molar-refractivity contribution in [2.24, 2.45) is 0 Å². The van der Waals surface area contributed by atoms with E-state index in [0.717, 1.165) is 10.5 Å². The highest BCUT2D eigenvalue weighted by molar-refractivity contribution is 8.01. The second kappa shape index (κ2) is 11.1. The van der Waals surface area contributed by atoms with Crippen LogP contribution in [0.4, 0.5) is 0 Å². The van der Waals surface area contributed by atoms with E-state index in [1.807, 2.05) is 34.6 Å². The number of esters is 2. The Labute approximate surface area is 223 Å². The highest BCUT2D eigenvalue weighted by atomic mass is 32.2. The van der Waals surface area contributed by atoms with Crippen LogP contribution in [0.3, 0.4) is 0 Å². The average Bonchev–Trinajstić information content (AvgIpc) is 3.23. The summed E-state index contributed by atoms with van der Waals surface area (Å²) < 4.78 is 11.9. The van der Waals surface area contributed by atoms with Gasteiger partial charge in [-0.25, -0.2) is 9.48 Å². The van der Waals surface area contributed by atoms with Crippen molar-refractivity contribution in [1.82, 2.24) is 15.0 Å². The van der Waals surface area contributed by atoms with E-state index in [2.05, 4.69) is 55.3 Å². The summed E-state index contributed by atoms with van der Waals surface area (Å²) in [6, 6.07) is 15.4. The Balaban J connectivity index is 1.52. The van der Waals surface area contributed by atoms with Crippen molar-refractivity contribution >= 4 is 23.7 Å². The van der Waals surface area contributed by atoms with E-state index in [4.69, 9.17) is 9.47 Å². The first-order valence-electron chi connectivity index (χ1n) is 12.3. The zero-order valence-electron chi connectivity index (χ0n) is 23.0. The maximum absolute atomic E-state index is 12.5. The molecule has 1 aromatic heterocycles. The van der Waals surface area contributed by atoms with Gasteiger partial charge in [0.2, 0.25) is 0 Å². The van der Waals surface area contributed by atoms with Gasteiger partial charge in [-0.1, -0.05) is 50.3 Å². The molecule has 3 aromatic rings. The van der Waals surface area contributed by atoms with Gasteiger partial charge < -0.3 is 9.47 Å². The number of hydrogen-bond acceptors (Lipinski definition) is 7. The van der Waals surface area contributed by atoms with Crippen molar-refractivity contribution in [2.45, 2.75) is 89.2 Å². The molecule has 0 amide bonds. The van der Waals surface area contributed by atoms with Crippen LogP contribution in [0, 0.1) is 0 Å². The molecule has 0 bridgehead atoms. The van der Waals surface area contributed by atoms with Gasteiger partial charge in [0, 0.05) is 4.90 Å². The number of thioether (sulfide) groups is 1. The van der Waals surface area contributed by atoms with E-state index >= 15 is 0 Å². The normalized spacial score (nSPS) is 12.3. The molecule has 8 heteroatoms. The van der Waals surface area contributed by atoms with Crippen LogP contribution in [0.25, 0.3) is 0 Å². The number of carbonyl (C=O) groups excluding carboxylic acids is 2. The number of benzene rings is 2. The third kappa shape index (κ3) is 8.45. The number of aromatic nitrogens is 3. The Morgan fingerprint density at radius 1 is 0.892 bits per heavy atom. The van der Waals surface area contributed by atoms with Crippen molar-refractivity contribution in [3.63, 3.8) is 0 Å². The molecule has 0 N–H and O–H groups in total. The van der Waals surface area contributed by atoms with Crippen molar-refractivity contribution < 1.29 is 19.1 Å². The molecule has 198 valence electrons. The Morgan fingerprint density at radius 2 is 1.51 bits per heavy atom. The molecule has 0 fully saturated rings. The van der Waals surface area contributed by atoms with Gasteiger partial charge in [0.1, 0.15) is 22.6 Å². The average molecular weight is 524 g/mol. The quantitative estimate of drug-likeness (QED) is 0.257. The van der Waals surface area contributed by atoms with Crippen molar-refractivity contribution in [1.29, 1.82) is 0 Å². The first-order valence-corrected chi connectivity index (χ1v) is 13.1. The molecule has 2 aromatic carbocycles. The fourth-order valence-corrected chi connectivity index (χ4v) is 4.38. The van der Waals surface area contributed by atoms with Gasteiger partial charge in [-0.3, -0.25) is 4.79 Å². The molecule has 0 aliphatic rings. The molecular formula is C29H37N3O4S. The molecule has 0 radical (unpaired) electrons. The molecule has 0 unspecified atom stereocenters. The minimum Gasteiger partial charge on any atom is -0.459 e. The summed E-state index contributed by atoms with van der Waals surface area (Å²) in [5.41, 5.74) is 2.95. The van der Waals surface area contributed by atoms with E-state index in [-0.39, 0.29) is 18.0 Å². The zero-order valence-corrected chi connectivity index (χ0v) is 23.8. The summed E-state index contributed by atoms with van der Waals surface area (Å²) >= 11 is 1.38. The summed E-state index contributed by atoms with van der Waals surface area (Å²) in [7, 11) is 0. The summed E-state index contributed by atoms with van der Waals surface area (Å²) in [4.78, 5) is 25.9. The minimum absolute atomic E-state index is 0.0317. The van der Waals surface area contributed by atoms with E-state index in [0.29, 0.717) is 17.8 Å². The standard InChI is InChI=1S/C29H37N3O4S/c1-27(2,3)22-13-9-20(10-14-22)17-32-18-23(30-31-32)19-35-25(33)21-11-15-24(16-12-21)37-29(7,8)26(34)36-28(4,5)6/h9-16,18H,17,19H2,1-8H3. The van der Waals surface area contributed by atoms with E-state index in [1.54, 1.807) is 35.1 Å². The molecule has 0 atom stereocenters. The number of ether oxygens (including phenoxy) is 2. The molecule has 0 saturated heterocycles. The molecule has 0 spiro atoms. The summed E-state index contributed by atoms with van der Waals surface area (Å²) in [6.07, 6.45) is 1.78. The van der Waals surface area contributed by atoms with Crippen LogP contribution in [0.2, 0.25) is 0 Å². The molecule has 1 heterocycles. The molecule has 0 aliphatic carbocycles. The summed E-state index contributed by atoms with van der Waals surface area (Å²) in [5, 5.41) is 8.27. The van der Waals surface area contributed by atoms with Gasteiger partial charge >= 0.3 is 11.9 Å². The van der Waals surface area contributed by atoms with Crippen molar-refractivity contribution in [3.05, 3.63) is 77.1 Å². The number of carbonyl (C=O) groups is 2. The topological polar surface area (TPSA) is 83.3 Å². The predicted octanol–water partition coefficient (Wildman–Crippen LogP) is 6.19. The van der Waals surface area contributed by atoms with E-state index in [9.17, 15) is 9.59 Å². The fourth-order valence-electron chi connectivity index (χ4n) is 3.40. The summed E-state index contributed by atoms with van der Waals surface area (Å²) in [5.74, 6) is -0.737. The molecule has 7 nitrogen and oxygen atoms in total. The third-order valence-electron chi connectivity index (χ3n) is 5.46. The Hall–Kier alpha value is -3.13. The Kier molecular flexibility index (Phi) is 8.52. The number of hydrogen-bond donors (Lipinski definition) is 0. The van der Waals surface area contributed by atoms with Crippen LogP contribution in [-0.2, 0) is 32.8 Å². The van der Waals surface area contributed by atoms with Crippen LogP contribution in [0.5, 0.6) is 0 Å². The smallest absolute Gasteiger partial charge is 0.338 e. The molecule has 0 aliphatic heterocycles. The molecule has 37 heavy (non-hydrogen) atoms. The third-order valence-corrected chi connectivity index (χ3v) is 6.64. The zero-order chi connectivity index (χ0) is 27.4. The van der Waals surface area contributed by atoms with E-state index < -0.39 is 16.3 Å². The van der Waals surface area contributed by atoms with Crippen LogP contribution in [0.15, 0.2) is 59.6 Å². The van der Waals surface area contributed by atoms with Crippen molar-refractivity contribution in [2.75, 3.05) is 0 Å². The maximum Gasteiger partial charge on any atom is 0.338 e. The van der Waals surface area contributed by atoms with Gasteiger partial charge in [-0.05, 0) is 75.4 Å². The fraction of sp³-hybridized carbons (Fsp3) is 0.448. The molecule has 3 rings (SSSR count). The van der Waals surface area contributed by atoms with Gasteiger partial charge in [-0.15, -0.1) is 16.9 Å². The van der Waals surface area contributed by atoms with Crippen LogP contribution in [-0.4, -0.2) is 37.3 Å². The predicted molar refractivity (Wildman–Crippen MR) is 146 cm³/mol. The van der Waals surface area contributed by atoms with Crippen LogP contribution in [0.1, 0.15) is 82.6 Å². The second-order valence-electron chi connectivity index (χ2n) is 11.6. The second-order valence-corrected chi connectivity index (χ2v) is 13.3. The largest absolute Gasteiger partial charge is 0.459 e. The lowest BCUT2D eigenvalue weighted by Gasteiger charge is -2.28. The first kappa shape index (κ1) is 28.4. The lowest BCUT2D eigenvalue weighted by Crippen LogP contribution is -2.36. The number of nitrogens with zero attached hydrogens (tertiary/aromatic N) is 3. The first-order chi connectivity index (χ1) is 17.1. The lowest BCUT2D eigenvalue weighted by atomic mass is 9.87. The van der Waals surface area contributed by atoms with Crippen LogP contribution >= 0.6 is 11.8 Å². The molecular weight excluding hydrogens is 486 g/mol. The van der Waals surface area contributed by atoms with Gasteiger partial charge in [0.15, 0.2) is 0 Å². The van der Waals surface area contributed by atoms with Crippen molar-refractivity contribution in [3.8, 4) is 0 Å². The van der Waals surface area contributed by atoms with Gasteiger partial charge in [-0.2, -0.15) is 0 Å². The van der Waals surface area contributed by atoms with Crippen LogP contribution < -0.4 is 0 Å². The van der Waals surface area contributed by atoms with Gasteiger partial charge in [0.25, 0.3) is 0 Å². The monoisotopic (exact) mass is 523 g/mol. The maximum atomic E-state index is 12.5. The van der Waals surface area contributed by atoms with Gasteiger partial charge in [0.05, 0.1) is 18.3 Å².